The Labute approximate surface area is 157 Å². The lowest BCUT2D eigenvalue weighted by molar-refractivity contribution is 0.00819. The molecule has 0 radical (unpaired) electrons. The predicted molar refractivity (Wildman–Crippen MR) is 107 cm³/mol. The van der Waals surface area contributed by atoms with Crippen molar-refractivity contribution in [3.8, 4) is 22.3 Å². The molecule has 0 saturated carbocycles. The Morgan fingerprint density at radius 2 is 1.16 bits per heavy atom. The highest BCUT2D eigenvalue weighted by Gasteiger charge is 2.11. The Bertz CT molecular complexity index is 745. The maximum Gasteiger partial charge on any atom is 0.379 e. The molecule has 0 nitrogen and oxygen atoms in total. The maximum absolute atomic E-state index is 9.67. The van der Waals surface area contributed by atoms with E-state index in [9.17, 15) is 13.2 Å². The van der Waals surface area contributed by atoms with Gasteiger partial charge in [-0.3, -0.25) is 0 Å². The van der Waals surface area contributed by atoms with Crippen LogP contribution in [0.1, 0.15) is 0 Å². The largest absolute Gasteiger partial charge is 0.379 e. The lowest BCUT2D eigenvalue weighted by Gasteiger charge is -2.14. The molecular formula is C20H19F3S2. The zero-order valence-corrected chi connectivity index (χ0v) is 15.4. The van der Waals surface area contributed by atoms with Gasteiger partial charge in [0.25, 0.3) is 0 Å². The summed E-state index contributed by atoms with van der Waals surface area (Å²) < 4.78 is 29.0. The van der Waals surface area contributed by atoms with Crippen LogP contribution >= 0.6 is 25.3 Å². The molecular weight excluding hydrogens is 361 g/mol. The van der Waals surface area contributed by atoms with Crippen LogP contribution in [0.25, 0.3) is 22.3 Å². The molecule has 0 saturated heterocycles. The first-order chi connectivity index (χ1) is 11.6. The van der Waals surface area contributed by atoms with Gasteiger partial charge in [-0.1, -0.05) is 72.8 Å². The summed E-state index contributed by atoms with van der Waals surface area (Å²) in [6.45, 7) is -3.67. The van der Waals surface area contributed by atoms with Gasteiger partial charge < -0.3 is 0 Å². The van der Waals surface area contributed by atoms with E-state index in [0.717, 1.165) is 0 Å². The highest BCUT2D eigenvalue weighted by Crippen LogP contribution is 2.38. The second-order valence-electron chi connectivity index (χ2n) is 4.86. The van der Waals surface area contributed by atoms with E-state index in [1.165, 1.54) is 27.1 Å². The van der Waals surface area contributed by atoms with Crippen LogP contribution in [-0.2, 0) is 0 Å². The topological polar surface area (TPSA) is 0 Å². The molecule has 3 rings (SSSR count). The van der Waals surface area contributed by atoms with E-state index in [0.29, 0.717) is 0 Å². The minimum atomic E-state index is -3.67. The second kappa shape index (κ2) is 10.9. The van der Waals surface area contributed by atoms with Crippen molar-refractivity contribution in [3.63, 3.8) is 0 Å². The van der Waals surface area contributed by atoms with Crippen LogP contribution in [0.4, 0.5) is 13.2 Å². The van der Waals surface area contributed by atoms with Crippen molar-refractivity contribution in [2.75, 3.05) is 6.26 Å². The fraction of sp³-hybridized carbons (Fsp3) is 0.100. The van der Waals surface area contributed by atoms with Crippen molar-refractivity contribution in [2.24, 2.45) is 0 Å². The molecule has 0 spiro atoms. The van der Waals surface area contributed by atoms with Crippen molar-refractivity contribution in [3.05, 3.63) is 78.9 Å². The Balaban J connectivity index is 0.000000568. The maximum atomic E-state index is 9.67. The summed E-state index contributed by atoms with van der Waals surface area (Å²) >= 11 is 1.80. The van der Waals surface area contributed by atoms with E-state index >= 15 is 0 Å². The van der Waals surface area contributed by atoms with E-state index in [1.54, 1.807) is 11.8 Å². The molecule has 0 aliphatic heterocycles. The lowest BCUT2D eigenvalue weighted by Crippen LogP contribution is -1.88. The summed E-state index contributed by atoms with van der Waals surface area (Å²) in [4.78, 5) is 1.32. The quantitative estimate of drug-likeness (QED) is 0.439. The van der Waals surface area contributed by atoms with Crippen LogP contribution in [0.15, 0.2) is 83.8 Å². The molecule has 0 atom stereocenters. The highest BCUT2D eigenvalue weighted by molar-refractivity contribution is 7.98. The van der Waals surface area contributed by atoms with Gasteiger partial charge in [-0.2, -0.15) is 26.7 Å². The molecule has 132 valence electrons. The summed E-state index contributed by atoms with van der Waals surface area (Å²) in [6.07, 6.45) is 2.14. The first-order valence-electron chi connectivity index (χ1n) is 7.33. The molecule has 0 aliphatic rings. The standard InChI is InChI=1S/C19H16S.CHF3.H2S/c1-20-18-14-8-13-17(15-9-4-2-5-10-15)19(18)16-11-6-3-7-12-16;2-1(3)4;/h2-14H,1H3;1H;1H2. The monoisotopic (exact) mass is 380 g/mol. The molecule has 0 aliphatic carbocycles. The number of hydrogen-bond donors (Lipinski definition) is 0. The SMILES string of the molecule is CSc1cccc(-c2ccccc2)c1-c1ccccc1.FC(F)F.S. The number of benzene rings is 3. The molecule has 0 N–H and O–H groups in total. The van der Waals surface area contributed by atoms with Gasteiger partial charge in [-0.05, 0) is 29.0 Å². The summed E-state index contributed by atoms with van der Waals surface area (Å²) in [6, 6.07) is 27.8. The number of rotatable bonds is 3. The van der Waals surface area contributed by atoms with Crippen LogP contribution in [0.2, 0.25) is 0 Å². The van der Waals surface area contributed by atoms with Crippen molar-refractivity contribution >= 4 is 25.3 Å². The summed E-state index contributed by atoms with van der Waals surface area (Å²) in [5.74, 6) is 0. The first-order valence-corrected chi connectivity index (χ1v) is 8.56. The molecule has 5 heteroatoms. The smallest absolute Gasteiger partial charge is 0.197 e. The summed E-state index contributed by atoms with van der Waals surface area (Å²) in [7, 11) is 0. The molecule has 3 aromatic carbocycles. The van der Waals surface area contributed by atoms with Crippen LogP contribution in [0.5, 0.6) is 0 Å². The number of halogens is 3. The normalized spacial score (nSPS) is 9.80. The number of thioether (sulfide) groups is 1. The van der Waals surface area contributed by atoms with E-state index in [4.69, 9.17) is 0 Å². The van der Waals surface area contributed by atoms with Crippen molar-refractivity contribution in [1.29, 1.82) is 0 Å². The van der Waals surface area contributed by atoms with Crippen molar-refractivity contribution in [2.45, 2.75) is 11.6 Å². The highest BCUT2D eigenvalue weighted by atomic mass is 32.2. The van der Waals surface area contributed by atoms with Crippen LogP contribution in [-0.4, -0.2) is 12.9 Å². The Hall–Kier alpha value is -1.85. The van der Waals surface area contributed by atoms with Crippen LogP contribution in [0.3, 0.4) is 0 Å². The van der Waals surface area contributed by atoms with Crippen molar-refractivity contribution in [1.82, 2.24) is 0 Å². The van der Waals surface area contributed by atoms with E-state index < -0.39 is 6.68 Å². The predicted octanol–water partition coefficient (Wildman–Crippen LogP) is 7.03. The number of hydrogen-bond acceptors (Lipinski definition) is 1. The molecule has 0 amide bonds. The Morgan fingerprint density at radius 3 is 1.64 bits per heavy atom. The van der Waals surface area contributed by atoms with Crippen LogP contribution < -0.4 is 0 Å². The van der Waals surface area contributed by atoms with Gasteiger partial charge >= 0.3 is 6.68 Å². The zero-order chi connectivity index (χ0) is 17.4. The minimum absolute atomic E-state index is 0. The molecule has 0 heterocycles. The molecule has 0 unspecified atom stereocenters. The zero-order valence-electron chi connectivity index (χ0n) is 13.6. The van der Waals surface area contributed by atoms with Crippen molar-refractivity contribution < 1.29 is 13.2 Å². The van der Waals surface area contributed by atoms with E-state index in [2.05, 4.69) is 85.1 Å². The third-order valence-electron chi connectivity index (χ3n) is 3.39. The summed E-state index contributed by atoms with van der Waals surface area (Å²) in [5, 5.41) is 0. The van der Waals surface area contributed by atoms with Gasteiger partial charge in [0.1, 0.15) is 0 Å². The fourth-order valence-electron chi connectivity index (χ4n) is 2.46. The van der Waals surface area contributed by atoms with Gasteiger partial charge in [0, 0.05) is 10.5 Å². The second-order valence-corrected chi connectivity index (χ2v) is 5.71. The fourth-order valence-corrected chi connectivity index (χ4v) is 3.11. The third-order valence-corrected chi connectivity index (χ3v) is 4.17. The molecule has 0 fully saturated rings. The molecule has 25 heavy (non-hydrogen) atoms. The lowest BCUT2D eigenvalue weighted by atomic mass is 9.94. The van der Waals surface area contributed by atoms with Gasteiger partial charge in [0.15, 0.2) is 0 Å². The van der Waals surface area contributed by atoms with Crippen LogP contribution in [0, 0.1) is 0 Å². The molecule has 0 aromatic heterocycles. The van der Waals surface area contributed by atoms with E-state index in [-0.39, 0.29) is 13.5 Å². The average molecular weight is 380 g/mol. The van der Waals surface area contributed by atoms with Gasteiger partial charge in [0.05, 0.1) is 0 Å². The molecule has 3 aromatic rings. The number of alkyl halides is 3. The Morgan fingerprint density at radius 1 is 0.680 bits per heavy atom. The summed E-state index contributed by atoms with van der Waals surface area (Å²) in [5.41, 5.74) is 5.16. The average Bonchev–Trinajstić information content (AvgIpc) is 2.62. The van der Waals surface area contributed by atoms with E-state index in [1.807, 2.05) is 0 Å². The minimum Gasteiger partial charge on any atom is -0.197 e. The third kappa shape index (κ3) is 6.18. The van der Waals surface area contributed by atoms with Gasteiger partial charge in [-0.25, -0.2) is 0 Å². The van der Waals surface area contributed by atoms with Gasteiger partial charge in [-0.15, -0.1) is 11.8 Å². The first kappa shape index (κ1) is 21.2. The van der Waals surface area contributed by atoms with Gasteiger partial charge in [0.2, 0.25) is 0 Å². The molecule has 0 bridgehead atoms. The Kier molecular flexibility index (Phi) is 9.24.